The van der Waals surface area contributed by atoms with E-state index in [9.17, 15) is 4.79 Å². The molecule has 0 saturated heterocycles. The smallest absolute Gasteiger partial charge is 0.310 e. The Morgan fingerprint density at radius 1 is 1.47 bits per heavy atom. The van der Waals surface area contributed by atoms with Crippen LogP contribution in [0.1, 0.15) is 5.56 Å². The summed E-state index contributed by atoms with van der Waals surface area (Å²) in [6, 6.07) is 9.81. The van der Waals surface area contributed by atoms with Gasteiger partial charge < -0.3 is 4.74 Å². The monoisotopic (exact) mass is 204 g/mol. The van der Waals surface area contributed by atoms with Gasteiger partial charge in [-0.2, -0.15) is 4.99 Å². The zero-order valence-corrected chi connectivity index (χ0v) is 8.73. The molecule has 0 radical (unpaired) electrons. The van der Waals surface area contributed by atoms with Crippen LogP contribution in [0.25, 0.3) is 0 Å². The van der Waals surface area contributed by atoms with Crippen molar-refractivity contribution in [2.45, 2.75) is 6.42 Å². The van der Waals surface area contributed by atoms with Crippen molar-refractivity contribution in [3.05, 3.63) is 29.8 Å². The summed E-state index contributed by atoms with van der Waals surface area (Å²) in [6.07, 6.45) is 0.210. The number of benzene rings is 1. The molecule has 0 aliphatic heterocycles. The van der Waals surface area contributed by atoms with Gasteiger partial charge in [0.25, 0.3) is 0 Å². The first kappa shape index (κ1) is 11.1. The molecule has 4 nitrogen and oxygen atoms in total. The molecule has 0 aromatic heterocycles. The summed E-state index contributed by atoms with van der Waals surface area (Å²) in [6.45, 7) is 0. The Balaban J connectivity index is 2.96. The van der Waals surface area contributed by atoms with E-state index in [0.29, 0.717) is 5.69 Å². The average molecular weight is 204 g/mol. The molecule has 0 saturated carbocycles. The van der Waals surface area contributed by atoms with Crippen LogP contribution in [0.3, 0.4) is 0 Å². The van der Waals surface area contributed by atoms with Gasteiger partial charge in [-0.15, -0.1) is 0 Å². The van der Waals surface area contributed by atoms with Crippen molar-refractivity contribution in [2.24, 2.45) is 9.98 Å². The van der Waals surface area contributed by atoms with Crippen molar-refractivity contribution in [1.29, 1.82) is 0 Å². The molecule has 0 aliphatic carbocycles. The van der Waals surface area contributed by atoms with Crippen LogP contribution in [0.15, 0.2) is 34.3 Å². The molecule has 0 N–H and O–H groups in total. The summed E-state index contributed by atoms with van der Waals surface area (Å²) in [7, 11) is 2.95. The molecule has 0 atom stereocenters. The second-order valence-electron chi connectivity index (χ2n) is 2.82. The van der Waals surface area contributed by atoms with Gasteiger partial charge in [0.2, 0.25) is 0 Å². The molecule has 0 unspecified atom stereocenters. The van der Waals surface area contributed by atoms with E-state index in [0.717, 1.165) is 5.56 Å². The van der Waals surface area contributed by atoms with Gasteiger partial charge in [-0.05, 0) is 11.6 Å². The number of rotatable bonds is 3. The molecule has 1 aromatic carbocycles. The summed E-state index contributed by atoms with van der Waals surface area (Å²) < 4.78 is 4.59. The third-order valence-electron chi connectivity index (χ3n) is 1.82. The first-order valence-corrected chi connectivity index (χ1v) is 4.47. The van der Waals surface area contributed by atoms with E-state index in [1.807, 2.05) is 18.2 Å². The standard InChI is InChI=1S/C11H12N2O2/c1-12-8-13-10-6-4-3-5-9(10)7-11(14)15-2/h3-6H,7H2,1-2H3. The molecular formula is C11H12N2O2. The third kappa shape index (κ3) is 3.37. The maximum Gasteiger partial charge on any atom is 0.310 e. The van der Waals surface area contributed by atoms with E-state index in [1.165, 1.54) is 7.11 Å². The van der Waals surface area contributed by atoms with Gasteiger partial charge in [0.1, 0.15) is 0 Å². The summed E-state index contributed by atoms with van der Waals surface area (Å²) >= 11 is 0. The Kier molecular flexibility index (Phi) is 4.26. The Morgan fingerprint density at radius 3 is 2.87 bits per heavy atom. The quantitative estimate of drug-likeness (QED) is 0.557. The van der Waals surface area contributed by atoms with Crippen molar-refractivity contribution < 1.29 is 9.53 Å². The van der Waals surface area contributed by atoms with Gasteiger partial charge in [-0.3, -0.25) is 4.79 Å². The fourth-order valence-corrected chi connectivity index (χ4v) is 1.10. The van der Waals surface area contributed by atoms with E-state index in [4.69, 9.17) is 0 Å². The normalized spacial score (nSPS) is 8.93. The Labute approximate surface area is 88.3 Å². The molecule has 1 rings (SSSR count). The van der Waals surface area contributed by atoms with Crippen LogP contribution in [-0.2, 0) is 16.0 Å². The lowest BCUT2D eigenvalue weighted by molar-refractivity contribution is -0.139. The summed E-state index contributed by atoms with van der Waals surface area (Å²) in [5.41, 5.74) is 1.49. The van der Waals surface area contributed by atoms with Crippen LogP contribution in [0.5, 0.6) is 0 Å². The topological polar surface area (TPSA) is 51.0 Å². The Bertz CT molecular complexity index is 407. The fourth-order valence-electron chi connectivity index (χ4n) is 1.10. The molecule has 78 valence electrons. The number of hydrogen-bond donors (Lipinski definition) is 0. The number of methoxy groups -OCH3 is 1. The zero-order chi connectivity index (χ0) is 11.1. The van der Waals surface area contributed by atoms with E-state index in [-0.39, 0.29) is 12.4 Å². The van der Waals surface area contributed by atoms with Crippen LogP contribution in [0.2, 0.25) is 0 Å². The molecule has 0 fully saturated rings. The van der Waals surface area contributed by atoms with Gasteiger partial charge in [-0.25, -0.2) is 4.99 Å². The molecule has 4 heteroatoms. The minimum Gasteiger partial charge on any atom is -0.469 e. The molecule has 0 heterocycles. The maximum absolute atomic E-state index is 11.1. The fraction of sp³-hybridized carbons (Fsp3) is 0.273. The number of para-hydroxylation sites is 1. The molecule has 0 bridgehead atoms. The van der Waals surface area contributed by atoms with Crippen molar-refractivity contribution in [3.8, 4) is 0 Å². The highest BCUT2D eigenvalue weighted by Gasteiger charge is 2.06. The number of aliphatic imine (C=N–C) groups is 2. The highest BCUT2D eigenvalue weighted by atomic mass is 16.5. The number of hydrogen-bond acceptors (Lipinski definition) is 4. The van der Waals surface area contributed by atoms with Crippen LogP contribution in [-0.4, -0.2) is 26.1 Å². The second kappa shape index (κ2) is 5.73. The number of carbonyl (C=O) groups excluding carboxylic acids is 1. The third-order valence-corrected chi connectivity index (χ3v) is 1.82. The van der Waals surface area contributed by atoms with Crippen LogP contribution in [0, 0.1) is 0 Å². The lowest BCUT2D eigenvalue weighted by Crippen LogP contribution is -2.04. The van der Waals surface area contributed by atoms with Crippen molar-refractivity contribution >= 4 is 17.7 Å². The lowest BCUT2D eigenvalue weighted by Gasteiger charge is -2.02. The van der Waals surface area contributed by atoms with Gasteiger partial charge in [0.15, 0.2) is 0 Å². The predicted octanol–water partition coefficient (Wildman–Crippen LogP) is 1.84. The number of ether oxygens (including phenoxy) is 1. The van der Waals surface area contributed by atoms with Crippen LogP contribution < -0.4 is 0 Å². The summed E-state index contributed by atoms with van der Waals surface area (Å²) in [5, 5.41) is 0. The summed E-state index contributed by atoms with van der Waals surface area (Å²) in [5.74, 6) is -0.286. The van der Waals surface area contributed by atoms with E-state index < -0.39 is 0 Å². The van der Waals surface area contributed by atoms with Crippen molar-refractivity contribution in [1.82, 2.24) is 0 Å². The number of nitrogens with zero attached hydrogens (tertiary/aromatic N) is 2. The average Bonchev–Trinajstić information content (AvgIpc) is 2.28. The number of esters is 1. The summed E-state index contributed by atoms with van der Waals surface area (Å²) in [4.78, 5) is 18.7. The van der Waals surface area contributed by atoms with Gasteiger partial charge in [-0.1, -0.05) is 18.2 Å². The SMILES string of the molecule is CN=C=Nc1ccccc1CC(=O)OC. The first-order valence-electron chi connectivity index (χ1n) is 4.47. The van der Waals surface area contributed by atoms with Crippen LogP contribution in [0.4, 0.5) is 5.69 Å². The lowest BCUT2D eigenvalue weighted by atomic mass is 10.1. The molecule has 1 aromatic rings. The molecule has 0 aliphatic rings. The van der Waals surface area contributed by atoms with E-state index in [2.05, 4.69) is 20.7 Å². The highest BCUT2D eigenvalue weighted by molar-refractivity contribution is 5.75. The van der Waals surface area contributed by atoms with Crippen molar-refractivity contribution in [3.63, 3.8) is 0 Å². The number of carbonyl (C=O) groups is 1. The molecule has 0 amide bonds. The zero-order valence-electron chi connectivity index (χ0n) is 8.73. The van der Waals surface area contributed by atoms with Gasteiger partial charge >= 0.3 is 5.97 Å². The van der Waals surface area contributed by atoms with E-state index in [1.54, 1.807) is 13.1 Å². The minimum atomic E-state index is -0.286. The molecular weight excluding hydrogens is 192 g/mol. The largest absolute Gasteiger partial charge is 0.469 e. The maximum atomic E-state index is 11.1. The van der Waals surface area contributed by atoms with Gasteiger partial charge in [0, 0.05) is 7.05 Å². The molecule has 15 heavy (non-hydrogen) atoms. The van der Waals surface area contributed by atoms with Crippen molar-refractivity contribution in [2.75, 3.05) is 14.2 Å². The predicted molar refractivity (Wildman–Crippen MR) is 57.6 cm³/mol. The second-order valence-corrected chi connectivity index (χ2v) is 2.82. The molecule has 0 spiro atoms. The van der Waals surface area contributed by atoms with E-state index >= 15 is 0 Å². The van der Waals surface area contributed by atoms with Gasteiger partial charge in [0.05, 0.1) is 25.2 Å². The highest BCUT2D eigenvalue weighted by Crippen LogP contribution is 2.18. The van der Waals surface area contributed by atoms with Crippen LogP contribution >= 0.6 is 0 Å². The Morgan fingerprint density at radius 2 is 2.20 bits per heavy atom. The first-order chi connectivity index (χ1) is 7.27. The minimum absolute atomic E-state index is 0.210. The Hall–Kier alpha value is -1.93.